The van der Waals surface area contributed by atoms with E-state index < -0.39 is 5.97 Å². The summed E-state index contributed by atoms with van der Waals surface area (Å²) < 4.78 is 16.7. The zero-order valence-corrected chi connectivity index (χ0v) is 18.8. The van der Waals surface area contributed by atoms with E-state index in [4.69, 9.17) is 25.8 Å². The van der Waals surface area contributed by atoms with Gasteiger partial charge >= 0.3 is 5.97 Å². The molecule has 1 aliphatic heterocycles. The van der Waals surface area contributed by atoms with Crippen LogP contribution in [0.15, 0.2) is 71.4 Å². The summed E-state index contributed by atoms with van der Waals surface area (Å²) in [6.07, 6.45) is 1.65. The second kappa shape index (κ2) is 9.28. The number of benzene rings is 3. The first-order chi connectivity index (χ1) is 15.4. The molecule has 0 saturated heterocycles. The Kier molecular flexibility index (Phi) is 6.28. The molecule has 0 spiro atoms. The number of carbonyl (C=O) groups is 1. The van der Waals surface area contributed by atoms with Gasteiger partial charge in [-0.05, 0) is 60.9 Å². The van der Waals surface area contributed by atoms with Gasteiger partial charge in [-0.2, -0.15) is 0 Å². The number of aliphatic imine (C=N–C) groups is 1. The molecule has 3 aromatic carbocycles. The third-order valence-corrected chi connectivity index (χ3v) is 5.41. The highest BCUT2D eigenvalue weighted by Gasteiger charge is 2.24. The van der Waals surface area contributed by atoms with Crippen LogP contribution in [0, 0.1) is 13.8 Å². The van der Waals surface area contributed by atoms with Gasteiger partial charge in [0.05, 0.1) is 7.11 Å². The van der Waals surface area contributed by atoms with E-state index in [0.29, 0.717) is 28.7 Å². The molecule has 0 aliphatic carbocycles. The van der Waals surface area contributed by atoms with Crippen molar-refractivity contribution in [3.8, 4) is 11.5 Å². The van der Waals surface area contributed by atoms with Crippen molar-refractivity contribution in [2.75, 3.05) is 7.11 Å². The maximum atomic E-state index is 12.3. The number of aryl methyl sites for hydroxylation is 2. The summed E-state index contributed by atoms with van der Waals surface area (Å²) in [6, 6.07) is 19.0. The standard InChI is InChI=1S/C26H22ClNO4/c1-16-5-4-6-19(11-16)15-31-23-10-8-18(13-24(23)30-3)12-22-26(29)32-25(28-22)20-9-7-17(2)21(27)14-20/h4-14H,15H2,1-3H3/b22-12+. The monoisotopic (exact) mass is 447 g/mol. The van der Waals surface area contributed by atoms with E-state index in [0.717, 1.165) is 16.7 Å². The normalized spacial score (nSPS) is 14.3. The minimum Gasteiger partial charge on any atom is -0.493 e. The lowest BCUT2D eigenvalue weighted by atomic mass is 10.1. The first-order valence-corrected chi connectivity index (χ1v) is 10.5. The van der Waals surface area contributed by atoms with E-state index in [2.05, 4.69) is 11.1 Å². The van der Waals surface area contributed by atoms with Gasteiger partial charge in [0.1, 0.15) is 6.61 Å². The second-order valence-electron chi connectivity index (χ2n) is 7.49. The van der Waals surface area contributed by atoms with E-state index in [1.165, 1.54) is 5.56 Å². The molecule has 0 fully saturated rings. The number of esters is 1. The lowest BCUT2D eigenvalue weighted by Crippen LogP contribution is -2.05. The van der Waals surface area contributed by atoms with E-state index in [1.54, 1.807) is 25.3 Å². The lowest BCUT2D eigenvalue weighted by Gasteiger charge is -2.12. The summed E-state index contributed by atoms with van der Waals surface area (Å²) >= 11 is 6.18. The molecule has 4 rings (SSSR count). The van der Waals surface area contributed by atoms with Crippen molar-refractivity contribution in [1.29, 1.82) is 0 Å². The number of hydrogen-bond acceptors (Lipinski definition) is 5. The quantitative estimate of drug-likeness (QED) is 0.349. The Morgan fingerprint density at radius 3 is 2.62 bits per heavy atom. The fourth-order valence-electron chi connectivity index (χ4n) is 3.27. The summed E-state index contributed by atoms with van der Waals surface area (Å²) in [5.74, 6) is 0.889. The first-order valence-electron chi connectivity index (χ1n) is 10.1. The van der Waals surface area contributed by atoms with Crippen LogP contribution in [0.4, 0.5) is 0 Å². The Morgan fingerprint density at radius 1 is 1.03 bits per heavy atom. The van der Waals surface area contributed by atoms with E-state index in [9.17, 15) is 4.79 Å². The number of ether oxygens (including phenoxy) is 3. The summed E-state index contributed by atoms with van der Waals surface area (Å²) in [7, 11) is 1.58. The molecule has 0 N–H and O–H groups in total. The molecule has 3 aromatic rings. The minimum absolute atomic E-state index is 0.201. The number of carbonyl (C=O) groups excluding carboxylic acids is 1. The van der Waals surface area contributed by atoms with E-state index >= 15 is 0 Å². The molecule has 0 aromatic heterocycles. The predicted octanol–water partition coefficient (Wildman–Crippen LogP) is 5.89. The number of cyclic esters (lactones) is 1. The van der Waals surface area contributed by atoms with Crippen LogP contribution in [0.3, 0.4) is 0 Å². The van der Waals surface area contributed by atoms with Gasteiger partial charge < -0.3 is 14.2 Å². The van der Waals surface area contributed by atoms with E-state index in [-0.39, 0.29) is 11.6 Å². The zero-order valence-electron chi connectivity index (χ0n) is 18.0. The van der Waals surface area contributed by atoms with Crippen LogP contribution in [-0.4, -0.2) is 19.0 Å². The second-order valence-corrected chi connectivity index (χ2v) is 7.90. The Hall–Kier alpha value is -3.57. The molecule has 0 saturated carbocycles. The van der Waals surface area contributed by atoms with Gasteiger partial charge in [0.15, 0.2) is 17.2 Å². The molecule has 6 heteroatoms. The molecule has 5 nitrogen and oxygen atoms in total. The van der Waals surface area contributed by atoms with Gasteiger partial charge in [-0.25, -0.2) is 9.79 Å². The van der Waals surface area contributed by atoms with Gasteiger partial charge in [0.2, 0.25) is 5.90 Å². The summed E-state index contributed by atoms with van der Waals surface area (Å²) in [4.78, 5) is 16.7. The van der Waals surface area contributed by atoms with Crippen molar-refractivity contribution >= 4 is 29.5 Å². The first kappa shape index (κ1) is 21.7. The third-order valence-electron chi connectivity index (χ3n) is 5.01. The third kappa shape index (κ3) is 4.84. The SMILES string of the molecule is COc1cc(/C=C2/N=C(c3ccc(C)c(Cl)c3)OC2=O)ccc1OCc1cccc(C)c1. The number of halogens is 1. The Morgan fingerprint density at radius 2 is 1.88 bits per heavy atom. The molecule has 0 amide bonds. The summed E-state index contributed by atoms with van der Waals surface area (Å²) in [5.41, 5.74) is 4.78. The van der Waals surface area contributed by atoms with E-state index in [1.807, 2.05) is 56.3 Å². The van der Waals surface area contributed by atoms with Crippen molar-refractivity contribution in [1.82, 2.24) is 0 Å². The highest BCUT2D eigenvalue weighted by molar-refractivity contribution is 6.31. The molecule has 0 radical (unpaired) electrons. The van der Waals surface area contributed by atoms with Crippen LogP contribution >= 0.6 is 11.6 Å². The molecule has 162 valence electrons. The summed E-state index contributed by atoms with van der Waals surface area (Å²) in [6.45, 7) is 4.38. The molecule has 0 atom stereocenters. The maximum Gasteiger partial charge on any atom is 0.363 e. The number of methoxy groups -OCH3 is 1. The Bertz CT molecular complexity index is 1250. The van der Waals surface area contributed by atoms with Crippen LogP contribution in [0.2, 0.25) is 5.02 Å². The Balaban J connectivity index is 1.54. The van der Waals surface area contributed by atoms with Gasteiger partial charge in [0, 0.05) is 10.6 Å². The summed E-state index contributed by atoms with van der Waals surface area (Å²) in [5, 5.41) is 0.588. The Labute approximate surface area is 191 Å². The van der Waals surface area contributed by atoms with Crippen molar-refractivity contribution in [2.45, 2.75) is 20.5 Å². The van der Waals surface area contributed by atoms with Crippen LogP contribution in [0.5, 0.6) is 11.5 Å². The molecule has 1 aliphatic rings. The van der Waals surface area contributed by atoms with Crippen molar-refractivity contribution < 1.29 is 19.0 Å². The van der Waals surface area contributed by atoms with Crippen LogP contribution in [0.25, 0.3) is 6.08 Å². The fourth-order valence-corrected chi connectivity index (χ4v) is 3.45. The maximum absolute atomic E-state index is 12.3. The number of rotatable bonds is 6. The number of nitrogens with zero attached hydrogens (tertiary/aromatic N) is 1. The largest absolute Gasteiger partial charge is 0.493 e. The van der Waals surface area contributed by atoms with Crippen LogP contribution < -0.4 is 9.47 Å². The lowest BCUT2D eigenvalue weighted by molar-refractivity contribution is -0.129. The molecule has 32 heavy (non-hydrogen) atoms. The fraction of sp³-hybridized carbons (Fsp3) is 0.154. The van der Waals surface area contributed by atoms with Gasteiger partial charge in [-0.15, -0.1) is 0 Å². The highest BCUT2D eigenvalue weighted by atomic mass is 35.5. The minimum atomic E-state index is -0.518. The molecule has 0 unspecified atom stereocenters. The average molecular weight is 448 g/mol. The topological polar surface area (TPSA) is 57.1 Å². The smallest absolute Gasteiger partial charge is 0.363 e. The molecular weight excluding hydrogens is 426 g/mol. The number of hydrogen-bond donors (Lipinski definition) is 0. The molecular formula is C26H22ClNO4. The van der Waals surface area contributed by atoms with Crippen molar-refractivity contribution in [3.05, 3.63) is 99.2 Å². The van der Waals surface area contributed by atoms with Gasteiger partial charge in [-0.3, -0.25) is 0 Å². The van der Waals surface area contributed by atoms with Crippen molar-refractivity contribution in [2.24, 2.45) is 4.99 Å². The van der Waals surface area contributed by atoms with Crippen molar-refractivity contribution in [3.63, 3.8) is 0 Å². The zero-order chi connectivity index (χ0) is 22.7. The predicted molar refractivity (Wildman–Crippen MR) is 125 cm³/mol. The average Bonchev–Trinajstić information content (AvgIpc) is 3.14. The highest BCUT2D eigenvalue weighted by Crippen LogP contribution is 2.31. The molecule has 0 bridgehead atoms. The van der Waals surface area contributed by atoms with Gasteiger partial charge in [0.25, 0.3) is 0 Å². The van der Waals surface area contributed by atoms with Gasteiger partial charge in [-0.1, -0.05) is 53.6 Å². The molecule has 1 heterocycles. The van der Waals surface area contributed by atoms with Crippen LogP contribution in [0.1, 0.15) is 27.8 Å². The van der Waals surface area contributed by atoms with Crippen LogP contribution in [-0.2, 0) is 16.1 Å².